The van der Waals surface area contributed by atoms with Crippen molar-refractivity contribution in [2.24, 2.45) is 5.41 Å². The Morgan fingerprint density at radius 3 is 2.83 bits per heavy atom. The molecular weight excluding hydrogens is 312 g/mol. The summed E-state index contributed by atoms with van der Waals surface area (Å²) in [6, 6.07) is 7.56. The molecule has 2 N–H and O–H groups in total. The van der Waals surface area contributed by atoms with Crippen molar-refractivity contribution >= 4 is 11.6 Å². The second-order valence-corrected chi connectivity index (χ2v) is 6.24. The van der Waals surface area contributed by atoms with Gasteiger partial charge in [-0.25, -0.2) is 4.68 Å². The van der Waals surface area contributed by atoms with Crippen LogP contribution in [0.25, 0.3) is 5.69 Å². The Morgan fingerprint density at radius 2 is 2.17 bits per heavy atom. The number of nitro groups is 1. The van der Waals surface area contributed by atoms with Gasteiger partial charge in [0.2, 0.25) is 0 Å². The second-order valence-electron chi connectivity index (χ2n) is 6.24. The van der Waals surface area contributed by atoms with Gasteiger partial charge in [-0.05, 0) is 24.0 Å². The Labute approximate surface area is 139 Å². The zero-order valence-electron chi connectivity index (χ0n) is 13.6. The fraction of sp³-hybridized carbons (Fsp3) is 0.375. The lowest BCUT2D eigenvalue weighted by Crippen LogP contribution is -2.34. The lowest BCUT2D eigenvalue weighted by atomic mass is 9.90. The van der Waals surface area contributed by atoms with Gasteiger partial charge in [-0.2, -0.15) is 5.10 Å². The van der Waals surface area contributed by atoms with Crippen LogP contribution in [0.1, 0.15) is 30.8 Å². The number of carbonyl (C=O) groups excluding carboxylic acids is 1. The van der Waals surface area contributed by atoms with Gasteiger partial charge in [0.1, 0.15) is 0 Å². The smallest absolute Gasteiger partial charge is 0.271 e. The Bertz CT molecular complexity index is 739. The molecule has 128 valence electrons. The van der Waals surface area contributed by atoms with Crippen molar-refractivity contribution in [1.29, 1.82) is 0 Å². The molecule has 0 fully saturated rings. The van der Waals surface area contributed by atoms with Crippen LogP contribution in [0.5, 0.6) is 0 Å². The molecule has 0 aliphatic rings. The number of hydrogen-bond acceptors (Lipinski definition) is 5. The number of nitrogens with zero attached hydrogens (tertiary/aromatic N) is 3. The highest BCUT2D eigenvalue weighted by molar-refractivity contribution is 5.92. The van der Waals surface area contributed by atoms with Crippen LogP contribution in [-0.2, 0) is 0 Å². The van der Waals surface area contributed by atoms with E-state index in [2.05, 4.69) is 10.4 Å². The van der Waals surface area contributed by atoms with Crippen LogP contribution in [0.2, 0.25) is 0 Å². The molecule has 24 heavy (non-hydrogen) atoms. The quantitative estimate of drug-likeness (QED) is 0.594. The molecule has 1 amide bonds. The van der Waals surface area contributed by atoms with Crippen molar-refractivity contribution in [2.75, 3.05) is 13.2 Å². The van der Waals surface area contributed by atoms with Gasteiger partial charge in [0.25, 0.3) is 11.6 Å². The Kier molecular flexibility index (Phi) is 5.30. The number of nitrogens with one attached hydrogen (secondary N) is 1. The molecule has 0 unspecified atom stereocenters. The number of aliphatic hydroxyl groups is 1. The zero-order valence-corrected chi connectivity index (χ0v) is 13.6. The number of aliphatic hydroxyl groups excluding tert-OH is 1. The molecule has 2 aromatic rings. The first-order valence-electron chi connectivity index (χ1n) is 7.52. The van der Waals surface area contributed by atoms with Crippen LogP contribution in [-0.4, -0.2) is 38.9 Å². The summed E-state index contributed by atoms with van der Waals surface area (Å²) in [7, 11) is 0. The summed E-state index contributed by atoms with van der Waals surface area (Å²) in [4.78, 5) is 22.5. The molecule has 0 atom stereocenters. The van der Waals surface area contributed by atoms with Crippen molar-refractivity contribution in [3.63, 3.8) is 0 Å². The third kappa shape index (κ3) is 4.39. The lowest BCUT2D eigenvalue weighted by Gasteiger charge is -2.23. The van der Waals surface area contributed by atoms with Crippen LogP contribution in [0.15, 0.2) is 36.5 Å². The zero-order chi connectivity index (χ0) is 17.7. The van der Waals surface area contributed by atoms with Crippen LogP contribution in [0, 0.1) is 15.5 Å². The molecular formula is C16H20N4O4. The average molecular weight is 332 g/mol. The van der Waals surface area contributed by atoms with E-state index in [1.807, 2.05) is 13.8 Å². The van der Waals surface area contributed by atoms with Crippen molar-refractivity contribution < 1.29 is 14.8 Å². The van der Waals surface area contributed by atoms with Crippen molar-refractivity contribution in [3.8, 4) is 5.69 Å². The summed E-state index contributed by atoms with van der Waals surface area (Å²) in [5.41, 5.74) is 0.470. The number of non-ortho nitro benzene ring substituents is 1. The molecule has 0 spiro atoms. The second kappa shape index (κ2) is 7.22. The number of nitro benzene ring substituents is 1. The molecule has 1 aromatic carbocycles. The molecule has 1 aromatic heterocycles. The van der Waals surface area contributed by atoms with Gasteiger partial charge in [0.05, 0.1) is 10.6 Å². The Balaban J connectivity index is 2.09. The summed E-state index contributed by atoms with van der Waals surface area (Å²) in [5.74, 6) is -0.329. The standard InChI is InChI=1S/C16H20N4O4/c1-16(2,7-9-21)11-17-15(22)14-6-8-19(18-14)12-4-3-5-13(10-12)20(23)24/h3-6,8,10,21H,7,9,11H2,1-2H3,(H,17,22). The van der Waals surface area contributed by atoms with Gasteiger partial charge in [-0.15, -0.1) is 0 Å². The number of rotatable bonds is 7. The van der Waals surface area contributed by atoms with Gasteiger partial charge >= 0.3 is 0 Å². The molecule has 0 saturated heterocycles. The Hall–Kier alpha value is -2.74. The van der Waals surface area contributed by atoms with Crippen LogP contribution >= 0.6 is 0 Å². The molecule has 0 aliphatic heterocycles. The van der Waals surface area contributed by atoms with E-state index in [-0.39, 0.29) is 29.3 Å². The van der Waals surface area contributed by atoms with Crippen molar-refractivity contribution in [2.45, 2.75) is 20.3 Å². The summed E-state index contributed by atoms with van der Waals surface area (Å²) in [5, 5.41) is 26.8. The minimum Gasteiger partial charge on any atom is -0.396 e. The SMILES string of the molecule is CC(C)(CCO)CNC(=O)c1ccn(-c2cccc([N+](=O)[O-])c2)n1. The molecule has 0 saturated carbocycles. The van der Waals surface area contributed by atoms with E-state index in [4.69, 9.17) is 5.11 Å². The molecule has 0 radical (unpaired) electrons. The first-order chi connectivity index (χ1) is 11.3. The van der Waals surface area contributed by atoms with E-state index in [9.17, 15) is 14.9 Å². The number of aromatic nitrogens is 2. The monoisotopic (exact) mass is 332 g/mol. The van der Waals surface area contributed by atoms with E-state index in [1.165, 1.54) is 16.8 Å². The predicted molar refractivity (Wildman–Crippen MR) is 88.0 cm³/mol. The third-order valence-corrected chi connectivity index (χ3v) is 3.64. The minimum absolute atomic E-state index is 0.0419. The summed E-state index contributed by atoms with van der Waals surface area (Å²) < 4.78 is 1.42. The fourth-order valence-electron chi connectivity index (χ4n) is 2.14. The molecule has 2 rings (SSSR count). The van der Waals surface area contributed by atoms with Crippen molar-refractivity contribution in [3.05, 3.63) is 52.3 Å². The molecule has 0 aliphatic carbocycles. The topological polar surface area (TPSA) is 110 Å². The first-order valence-corrected chi connectivity index (χ1v) is 7.52. The summed E-state index contributed by atoms with van der Waals surface area (Å²) >= 11 is 0. The predicted octanol–water partition coefficient (Wildman–Crippen LogP) is 1.92. The van der Waals surface area contributed by atoms with Crippen molar-refractivity contribution in [1.82, 2.24) is 15.1 Å². The maximum Gasteiger partial charge on any atom is 0.271 e. The maximum atomic E-state index is 12.2. The highest BCUT2D eigenvalue weighted by Gasteiger charge is 2.19. The van der Waals surface area contributed by atoms with Gasteiger partial charge in [-0.3, -0.25) is 14.9 Å². The van der Waals surface area contributed by atoms with Crippen LogP contribution in [0.4, 0.5) is 5.69 Å². The Morgan fingerprint density at radius 1 is 1.42 bits per heavy atom. The number of amides is 1. The largest absolute Gasteiger partial charge is 0.396 e. The maximum absolute atomic E-state index is 12.2. The summed E-state index contributed by atoms with van der Waals surface area (Å²) in [6.07, 6.45) is 2.16. The third-order valence-electron chi connectivity index (χ3n) is 3.64. The number of hydrogen-bond donors (Lipinski definition) is 2. The van der Waals surface area contributed by atoms with Gasteiger partial charge < -0.3 is 10.4 Å². The summed E-state index contributed by atoms with van der Waals surface area (Å²) in [6.45, 7) is 4.37. The highest BCUT2D eigenvalue weighted by Crippen LogP contribution is 2.19. The van der Waals surface area contributed by atoms with E-state index in [0.717, 1.165) is 0 Å². The molecule has 8 heteroatoms. The van der Waals surface area contributed by atoms with Crippen LogP contribution in [0.3, 0.4) is 0 Å². The number of benzene rings is 1. The molecule has 0 bridgehead atoms. The van der Waals surface area contributed by atoms with Crippen LogP contribution < -0.4 is 5.32 Å². The lowest BCUT2D eigenvalue weighted by molar-refractivity contribution is -0.384. The minimum atomic E-state index is -0.482. The van der Waals surface area contributed by atoms with E-state index in [1.54, 1.807) is 24.4 Å². The molecule has 8 nitrogen and oxygen atoms in total. The highest BCUT2D eigenvalue weighted by atomic mass is 16.6. The molecule has 1 heterocycles. The fourth-order valence-corrected chi connectivity index (χ4v) is 2.14. The van der Waals surface area contributed by atoms with E-state index >= 15 is 0 Å². The normalized spacial score (nSPS) is 11.3. The van der Waals surface area contributed by atoms with Gasteiger partial charge in [0.15, 0.2) is 5.69 Å². The van der Waals surface area contributed by atoms with E-state index < -0.39 is 4.92 Å². The van der Waals surface area contributed by atoms with E-state index in [0.29, 0.717) is 18.7 Å². The van der Waals surface area contributed by atoms with Gasteiger partial charge in [0, 0.05) is 31.5 Å². The first kappa shape index (κ1) is 17.6. The average Bonchev–Trinajstić information content (AvgIpc) is 3.03. The van der Waals surface area contributed by atoms with Gasteiger partial charge in [-0.1, -0.05) is 19.9 Å². The number of carbonyl (C=O) groups is 1.